The van der Waals surface area contributed by atoms with E-state index in [4.69, 9.17) is 10.1 Å². The predicted octanol–water partition coefficient (Wildman–Crippen LogP) is 0.234. The van der Waals surface area contributed by atoms with Crippen LogP contribution in [0.15, 0.2) is 24.3 Å². The topological polar surface area (TPSA) is 97.2 Å². The molecule has 0 saturated carbocycles. The highest BCUT2D eigenvalue weighted by Gasteiger charge is 2.00. The first-order valence-corrected chi connectivity index (χ1v) is 3.32. The van der Waals surface area contributed by atoms with Gasteiger partial charge in [-0.15, -0.1) is 0 Å². The molecular weight excluding hydrogens is 176 g/mol. The maximum absolute atomic E-state index is 10.1. The van der Waals surface area contributed by atoms with E-state index in [1.165, 1.54) is 12.1 Å². The summed E-state index contributed by atoms with van der Waals surface area (Å²) in [7, 11) is 0. The fraction of sp³-hybridized carbons (Fsp3) is 0.143. The van der Waals surface area contributed by atoms with E-state index in [0.29, 0.717) is 0 Å². The van der Waals surface area contributed by atoms with E-state index in [1.54, 1.807) is 12.1 Å². The zero-order valence-corrected chi connectivity index (χ0v) is 6.89. The van der Waals surface area contributed by atoms with Gasteiger partial charge in [0.25, 0.3) is 5.69 Å². The van der Waals surface area contributed by atoms with Crippen molar-refractivity contribution in [3.05, 3.63) is 50.1 Å². The van der Waals surface area contributed by atoms with E-state index in [9.17, 15) is 10.1 Å². The van der Waals surface area contributed by atoms with Crippen LogP contribution in [-0.4, -0.2) is 4.92 Å². The van der Waals surface area contributed by atoms with Crippen molar-refractivity contribution in [3.8, 4) is 0 Å². The Kier molecular flexibility index (Phi) is 4.78. The van der Waals surface area contributed by atoms with Gasteiger partial charge in [-0.25, -0.2) is 0 Å². The van der Waals surface area contributed by atoms with Gasteiger partial charge >= 0.3 is 0 Å². The van der Waals surface area contributed by atoms with Gasteiger partial charge in [-0.1, -0.05) is 17.7 Å². The number of nitrogens with one attached hydrogen (secondary N) is 1. The van der Waals surface area contributed by atoms with Gasteiger partial charge in [-0.2, -0.15) is 0 Å². The molecule has 0 bridgehead atoms. The molecule has 0 radical (unpaired) electrons. The summed E-state index contributed by atoms with van der Waals surface area (Å²) in [6.45, 7) is 1.89. The van der Waals surface area contributed by atoms with E-state index in [1.807, 2.05) is 6.92 Å². The van der Waals surface area contributed by atoms with Crippen molar-refractivity contribution in [2.24, 2.45) is 0 Å². The number of non-ortho nitro benzene ring substituents is 1. The molecule has 0 unspecified atom stereocenters. The molecule has 0 aromatic heterocycles. The van der Waals surface area contributed by atoms with Gasteiger partial charge in [0.15, 0.2) is 0 Å². The Labute approximate surface area is 73.9 Å². The number of nitro groups is 1. The number of nitro benzene ring substituents is 1. The van der Waals surface area contributed by atoms with Crippen LogP contribution >= 0.6 is 0 Å². The molecule has 0 spiro atoms. The van der Waals surface area contributed by atoms with Crippen LogP contribution in [0.25, 0.3) is 0 Å². The second-order valence-corrected chi connectivity index (χ2v) is 2.18. The SMILES string of the molecule is Cc1ccc([N+](=O)[O-])cc1.O=[NH+][O-]. The summed E-state index contributed by atoms with van der Waals surface area (Å²) in [6, 6.07) is 6.43. The molecular formula is C7H8N2O4. The van der Waals surface area contributed by atoms with Gasteiger partial charge in [0.05, 0.1) is 4.92 Å². The molecule has 1 aromatic carbocycles. The molecule has 1 rings (SSSR count). The van der Waals surface area contributed by atoms with Crippen molar-refractivity contribution < 1.29 is 10.3 Å². The Hall–Kier alpha value is -1.98. The normalized spacial score (nSPS) is 8.08. The van der Waals surface area contributed by atoms with Crippen LogP contribution in [0.4, 0.5) is 5.69 Å². The minimum Gasteiger partial charge on any atom is -0.267 e. The standard InChI is InChI=1S/C7H7NO2.HNO2/c1-6-2-4-7(5-3-6)8(9)10;2-1-3/h2-5H,1H3;1H. The van der Waals surface area contributed by atoms with Crippen molar-refractivity contribution in [1.29, 1.82) is 0 Å². The number of aryl methyl sites for hydroxylation is 1. The van der Waals surface area contributed by atoms with E-state index < -0.39 is 4.92 Å². The minimum atomic E-state index is -0.403. The lowest BCUT2D eigenvalue weighted by Gasteiger charge is -1.90. The first-order chi connectivity index (χ1) is 6.11. The third-order valence-corrected chi connectivity index (χ3v) is 1.24. The van der Waals surface area contributed by atoms with Crippen LogP contribution in [0.1, 0.15) is 5.56 Å². The molecule has 0 saturated heterocycles. The second kappa shape index (κ2) is 5.64. The molecule has 0 fully saturated rings. The quantitative estimate of drug-likeness (QED) is 0.499. The lowest BCUT2D eigenvalue weighted by molar-refractivity contribution is -0.398. The van der Waals surface area contributed by atoms with Gasteiger partial charge in [0.2, 0.25) is 0 Å². The van der Waals surface area contributed by atoms with Crippen molar-refractivity contribution in [1.82, 2.24) is 0 Å². The van der Waals surface area contributed by atoms with E-state index in [-0.39, 0.29) is 11.0 Å². The van der Waals surface area contributed by atoms with Crippen molar-refractivity contribution in [2.75, 3.05) is 0 Å². The first kappa shape index (κ1) is 11.0. The van der Waals surface area contributed by atoms with Gasteiger partial charge in [-0.05, 0) is 6.92 Å². The number of hydrogen-bond acceptors (Lipinski definition) is 4. The summed E-state index contributed by atoms with van der Waals surface area (Å²) in [4.78, 5) is 17.8. The van der Waals surface area contributed by atoms with Crippen molar-refractivity contribution in [2.45, 2.75) is 6.92 Å². The Morgan fingerprint density at radius 3 is 2.00 bits per heavy atom. The average Bonchev–Trinajstić information content (AvgIpc) is 2.06. The highest BCUT2D eigenvalue weighted by atomic mass is 16.6. The third-order valence-electron chi connectivity index (χ3n) is 1.24. The highest BCUT2D eigenvalue weighted by Crippen LogP contribution is 2.10. The first-order valence-electron chi connectivity index (χ1n) is 3.32. The summed E-state index contributed by atoms with van der Waals surface area (Å²) in [5.41, 5.74) is 1.18. The van der Waals surface area contributed by atoms with Crippen LogP contribution in [0, 0.1) is 27.2 Å². The molecule has 0 aliphatic carbocycles. The zero-order valence-electron chi connectivity index (χ0n) is 6.89. The Balaban J connectivity index is 0.000000424. The largest absolute Gasteiger partial charge is 0.269 e. The summed E-state index contributed by atoms with van der Waals surface area (Å²) >= 11 is 0. The molecule has 13 heavy (non-hydrogen) atoms. The lowest BCUT2D eigenvalue weighted by Crippen LogP contribution is -2.53. The minimum absolute atomic E-state index is 0.144. The van der Waals surface area contributed by atoms with Crippen LogP contribution in [0.2, 0.25) is 0 Å². The molecule has 0 heterocycles. The summed E-state index contributed by atoms with van der Waals surface area (Å²) in [5.74, 6) is 0. The van der Waals surface area contributed by atoms with Crippen LogP contribution in [-0.2, 0) is 0 Å². The monoisotopic (exact) mass is 184 g/mol. The average molecular weight is 184 g/mol. The molecule has 0 aliphatic rings. The molecule has 0 amide bonds. The summed E-state index contributed by atoms with van der Waals surface area (Å²) in [6.07, 6.45) is 0. The Bertz CT molecular complexity index is 283. The highest BCUT2D eigenvalue weighted by molar-refractivity contribution is 5.31. The second-order valence-electron chi connectivity index (χ2n) is 2.18. The lowest BCUT2D eigenvalue weighted by atomic mass is 10.2. The number of benzene rings is 1. The third kappa shape index (κ3) is 4.46. The maximum Gasteiger partial charge on any atom is 0.269 e. The Morgan fingerprint density at radius 1 is 1.31 bits per heavy atom. The molecule has 0 aliphatic heterocycles. The van der Waals surface area contributed by atoms with Crippen molar-refractivity contribution in [3.63, 3.8) is 0 Å². The molecule has 1 N–H and O–H groups in total. The van der Waals surface area contributed by atoms with E-state index in [0.717, 1.165) is 5.56 Å². The maximum atomic E-state index is 10.1. The molecule has 0 atom stereocenters. The van der Waals surface area contributed by atoms with Crippen LogP contribution < -0.4 is 5.34 Å². The number of hydrogen-bond donors (Lipinski definition) is 1. The van der Waals surface area contributed by atoms with Gasteiger partial charge < -0.3 is 0 Å². The van der Waals surface area contributed by atoms with E-state index in [2.05, 4.69) is 0 Å². The summed E-state index contributed by atoms with van der Waals surface area (Å²) < 4.78 is 0. The number of rotatable bonds is 1. The van der Waals surface area contributed by atoms with Gasteiger partial charge in [0, 0.05) is 17.5 Å². The molecule has 70 valence electrons. The summed E-state index contributed by atoms with van der Waals surface area (Å²) in [5, 5.41) is 18.5. The smallest absolute Gasteiger partial charge is 0.267 e. The molecule has 6 nitrogen and oxygen atoms in total. The van der Waals surface area contributed by atoms with Crippen LogP contribution in [0.5, 0.6) is 0 Å². The zero-order chi connectivity index (χ0) is 10.3. The van der Waals surface area contributed by atoms with Crippen LogP contribution in [0.3, 0.4) is 0 Å². The van der Waals surface area contributed by atoms with Gasteiger partial charge in [0.1, 0.15) is 0 Å². The van der Waals surface area contributed by atoms with E-state index >= 15 is 0 Å². The Morgan fingerprint density at radius 2 is 1.69 bits per heavy atom. The fourth-order valence-electron chi connectivity index (χ4n) is 0.666. The van der Waals surface area contributed by atoms with Crippen molar-refractivity contribution >= 4 is 5.69 Å². The molecule has 1 aromatic rings. The molecule has 6 heteroatoms. The van der Waals surface area contributed by atoms with Gasteiger partial charge in [-0.3, -0.25) is 20.2 Å². The number of nitrogens with zero attached hydrogens (tertiary/aromatic N) is 1. The fourth-order valence-corrected chi connectivity index (χ4v) is 0.666. The predicted molar refractivity (Wildman–Crippen MR) is 45.5 cm³/mol.